The molecule has 0 aromatic heterocycles. The molecule has 26 heavy (non-hydrogen) atoms. The Labute approximate surface area is 154 Å². The van der Waals surface area contributed by atoms with Gasteiger partial charge in [0.2, 0.25) is 0 Å². The number of nitrogens with one attached hydrogen (secondary N) is 2. The van der Waals surface area contributed by atoms with Crippen LogP contribution in [0.2, 0.25) is 0 Å². The summed E-state index contributed by atoms with van der Waals surface area (Å²) >= 11 is 0. The molecule has 0 spiro atoms. The molecule has 0 saturated heterocycles. The van der Waals surface area contributed by atoms with Gasteiger partial charge >= 0.3 is 0 Å². The molecular formula is C21H26N2O3. The number of carbonyl (C=O) groups excluding carboxylic acids is 2. The van der Waals surface area contributed by atoms with Gasteiger partial charge in [0.25, 0.3) is 11.8 Å². The molecule has 0 aliphatic rings. The summed E-state index contributed by atoms with van der Waals surface area (Å²) < 4.78 is 5.79. The average molecular weight is 354 g/mol. The zero-order valence-electron chi connectivity index (χ0n) is 15.5. The molecule has 0 heterocycles. The SMILES string of the molecule is CCCNC(=O)c1cccc(NC(=O)C(CC)Oc2ccc(C)cc2)c1. The number of ether oxygens (including phenoxy) is 1. The van der Waals surface area contributed by atoms with Crippen LogP contribution in [-0.2, 0) is 4.79 Å². The van der Waals surface area contributed by atoms with E-state index in [2.05, 4.69) is 10.6 Å². The third-order valence-corrected chi connectivity index (χ3v) is 3.89. The zero-order chi connectivity index (χ0) is 18.9. The first kappa shape index (κ1) is 19.5. The highest BCUT2D eigenvalue weighted by Gasteiger charge is 2.19. The molecule has 0 radical (unpaired) electrons. The lowest BCUT2D eigenvalue weighted by atomic mass is 10.1. The number of amides is 2. The van der Waals surface area contributed by atoms with Crippen molar-refractivity contribution in [2.24, 2.45) is 0 Å². The lowest BCUT2D eigenvalue weighted by Gasteiger charge is -2.17. The predicted octanol–water partition coefficient (Wildman–Crippen LogP) is 3.93. The van der Waals surface area contributed by atoms with Gasteiger partial charge in [-0.3, -0.25) is 9.59 Å². The molecule has 0 aliphatic heterocycles. The maximum atomic E-state index is 12.5. The maximum absolute atomic E-state index is 12.5. The highest BCUT2D eigenvalue weighted by molar-refractivity contribution is 5.98. The first-order valence-corrected chi connectivity index (χ1v) is 8.96. The van der Waals surface area contributed by atoms with Crippen molar-refractivity contribution in [1.29, 1.82) is 0 Å². The Balaban J connectivity index is 2.02. The van der Waals surface area contributed by atoms with Crippen molar-refractivity contribution in [2.75, 3.05) is 11.9 Å². The van der Waals surface area contributed by atoms with Crippen LogP contribution in [0.1, 0.15) is 42.6 Å². The second kappa shape index (κ2) is 9.61. The molecule has 138 valence electrons. The summed E-state index contributed by atoms with van der Waals surface area (Å²) in [5.41, 5.74) is 2.22. The van der Waals surface area contributed by atoms with Gasteiger partial charge in [0.05, 0.1) is 0 Å². The molecule has 5 heteroatoms. The van der Waals surface area contributed by atoms with E-state index >= 15 is 0 Å². The number of hydrogen-bond acceptors (Lipinski definition) is 3. The van der Waals surface area contributed by atoms with Crippen LogP contribution >= 0.6 is 0 Å². The van der Waals surface area contributed by atoms with Crippen molar-refractivity contribution >= 4 is 17.5 Å². The van der Waals surface area contributed by atoms with Gasteiger partial charge in [-0.25, -0.2) is 0 Å². The summed E-state index contributed by atoms with van der Waals surface area (Å²) in [5, 5.41) is 5.66. The smallest absolute Gasteiger partial charge is 0.265 e. The second-order valence-corrected chi connectivity index (χ2v) is 6.15. The van der Waals surface area contributed by atoms with E-state index < -0.39 is 6.10 Å². The summed E-state index contributed by atoms with van der Waals surface area (Å²) in [7, 11) is 0. The lowest BCUT2D eigenvalue weighted by Crippen LogP contribution is -2.32. The van der Waals surface area contributed by atoms with E-state index in [1.807, 2.05) is 45.0 Å². The van der Waals surface area contributed by atoms with E-state index in [9.17, 15) is 9.59 Å². The molecular weight excluding hydrogens is 328 g/mol. The van der Waals surface area contributed by atoms with Gasteiger partial charge in [0, 0.05) is 17.8 Å². The van der Waals surface area contributed by atoms with Crippen LogP contribution in [0.4, 0.5) is 5.69 Å². The third-order valence-electron chi connectivity index (χ3n) is 3.89. The number of aryl methyl sites for hydroxylation is 1. The highest BCUT2D eigenvalue weighted by atomic mass is 16.5. The number of hydrogen-bond donors (Lipinski definition) is 2. The van der Waals surface area contributed by atoms with Crippen molar-refractivity contribution in [1.82, 2.24) is 5.32 Å². The second-order valence-electron chi connectivity index (χ2n) is 6.15. The summed E-state index contributed by atoms with van der Waals surface area (Å²) in [6.07, 6.45) is 0.808. The Bertz CT molecular complexity index is 741. The fraction of sp³-hybridized carbons (Fsp3) is 0.333. The van der Waals surface area contributed by atoms with Gasteiger partial charge in [-0.2, -0.15) is 0 Å². The fourth-order valence-corrected chi connectivity index (χ4v) is 2.40. The predicted molar refractivity (Wildman–Crippen MR) is 104 cm³/mol. The van der Waals surface area contributed by atoms with Gasteiger partial charge in [0.1, 0.15) is 5.75 Å². The van der Waals surface area contributed by atoms with E-state index in [-0.39, 0.29) is 11.8 Å². The van der Waals surface area contributed by atoms with Crippen LogP contribution in [0.15, 0.2) is 48.5 Å². The van der Waals surface area contributed by atoms with Gasteiger partial charge in [0.15, 0.2) is 6.10 Å². The minimum absolute atomic E-state index is 0.147. The monoisotopic (exact) mass is 354 g/mol. The van der Waals surface area contributed by atoms with Crippen LogP contribution in [0, 0.1) is 6.92 Å². The van der Waals surface area contributed by atoms with E-state index in [4.69, 9.17) is 4.74 Å². The highest BCUT2D eigenvalue weighted by Crippen LogP contribution is 2.17. The topological polar surface area (TPSA) is 67.4 Å². The Morgan fingerprint density at radius 1 is 1.08 bits per heavy atom. The molecule has 2 rings (SSSR count). The molecule has 5 nitrogen and oxygen atoms in total. The van der Waals surface area contributed by atoms with Crippen LogP contribution in [-0.4, -0.2) is 24.5 Å². The first-order chi connectivity index (χ1) is 12.5. The molecule has 2 amide bonds. The van der Waals surface area contributed by atoms with Gasteiger partial charge < -0.3 is 15.4 Å². The minimum atomic E-state index is -0.602. The van der Waals surface area contributed by atoms with E-state index in [1.54, 1.807) is 24.3 Å². The molecule has 1 unspecified atom stereocenters. The van der Waals surface area contributed by atoms with Crippen molar-refractivity contribution in [3.05, 3.63) is 59.7 Å². The molecule has 2 N–H and O–H groups in total. The third kappa shape index (κ3) is 5.62. The number of rotatable bonds is 8. The van der Waals surface area contributed by atoms with Crippen molar-refractivity contribution < 1.29 is 14.3 Å². The standard InChI is InChI=1S/C21H26N2O3/c1-4-13-22-20(24)16-7-6-8-17(14-16)23-21(25)19(5-2)26-18-11-9-15(3)10-12-18/h6-12,14,19H,4-5,13H2,1-3H3,(H,22,24)(H,23,25). The first-order valence-electron chi connectivity index (χ1n) is 8.96. The summed E-state index contributed by atoms with van der Waals surface area (Å²) in [6.45, 7) is 6.51. The Morgan fingerprint density at radius 2 is 1.81 bits per heavy atom. The summed E-state index contributed by atoms with van der Waals surface area (Å²) in [5.74, 6) is 0.274. The van der Waals surface area contributed by atoms with Crippen LogP contribution in [0.3, 0.4) is 0 Å². The molecule has 1 atom stereocenters. The molecule has 0 fully saturated rings. The van der Waals surface area contributed by atoms with Crippen molar-refractivity contribution in [3.8, 4) is 5.75 Å². The molecule has 0 bridgehead atoms. The number of benzene rings is 2. The van der Waals surface area contributed by atoms with Crippen LogP contribution in [0.5, 0.6) is 5.75 Å². The van der Waals surface area contributed by atoms with Gasteiger partial charge in [-0.05, 0) is 50.1 Å². The van der Waals surface area contributed by atoms with Gasteiger partial charge in [-0.1, -0.05) is 37.6 Å². The van der Waals surface area contributed by atoms with E-state index in [0.29, 0.717) is 30.0 Å². The minimum Gasteiger partial charge on any atom is -0.481 e. The summed E-state index contributed by atoms with van der Waals surface area (Å²) in [6, 6.07) is 14.5. The molecule has 0 aliphatic carbocycles. The summed E-state index contributed by atoms with van der Waals surface area (Å²) in [4.78, 5) is 24.6. The average Bonchev–Trinajstić information content (AvgIpc) is 2.65. The van der Waals surface area contributed by atoms with Gasteiger partial charge in [-0.15, -0.1) is 0 Å². The Kier molecular flexibility index (Phi) is 7.21. The Hall–Kier alpha value is -2.82. The molecule has 0 saturated carbocycles. The van der Waals surface area contributed by atoms with E-state index in [1.165, 1.54) is 0 Å². The Morgan fingerprint density at radius 3 is 2.46 bits per heavy atom. The van der Waals surface area contributed by atoms with Crippen LogP contribution in [0.25, 0.3) is 0 Å². The number of carbonyl (C=O) groups is 2. The largest absolute Gasteiger partial charge is 0.481 e. The molecule has 2 aromatic carbocycles. The zero-order valence-corrected chi connectivity index (χ0v) is 15.5. The lowest BCUT2D eigenvalue weighted by molar-refractivity contribution is -0.122. The van der Waals surface area contributed by atoms with Crippen molar-refractivity contribution in [2.45, 2.75) is 39.7 Å². The van der Waals surface area contributed by atoms with Crippen LogP contribution < -0.4 is 15.4 Å². The molecule has 2 aromatic rings. The van der Waals surface area contributed by atoms with Crippen molar-refractivity contribution in [3.63, 3.8) is 0 Å². The van der Waals surface area contributed by atoms with E-state index in [0.717, 1.165) is 12.0 Å². The normalized spacial score (nSPS) is 11.5. The quantitative estimate of drug-likeness (QED) is 0.755. The number of anilines is 1. The maximum Gasteiger partial charge on any atom is 0.265 e. The fourth-order valence-electron chi connectivity index (χ4n) is 2.40.